The third-order valence-electron chi connectivity index (χ3n) is 3.17. The van der Waals surface area contributed by atoms with Gasteiger partial charge in [0.05, 0.1) is 13.2 Å². The zero-order valence-electron chi connectivity index (χ0n) is 12.5. The molecule has 0 fully saturated rings. The van der Waals surface area contributed by atoms with E-state index in [2.05, 4.69) is 21.2 Å². The second kappa shape index (κ2) is 7.84. The lowest BCUT2D eigenvalue weighted by Crippen LogP contribution is -2.31. The number of halogens is 1. The van der Waals surface area contributed by atoms with Gasteiger partial charge in [0.15, 0.2) is 6.61 Å². The first kappa shape index (κ1) is 16.4. The molecule has 0 radical (unpaired) electrons. The summed E-state index contributed by atoms with van der Waals surface area (Å²) in [5.41, 5.74) is 0.932. The van der Waals surface area contributed by atoms with Crippen LogP contribution in [0.3, 0.4) is 0 Å². The lowest BCUT2D eigenvalue weighted by molar-refractivity contribution is -0.123. The molecule has 0 aliphatic carbocycles. The first-order valence-corrected chi connectivity index (χ1v) is 7.70. The predicted molar refractivity (Wildman–Crippen MR) is 89.2 cm³/mol. The number of nitrogens with one attached hydrogen (secondary N) is 1. The van der Waals surface area contributed by atoms with Gasteiger partial charge < -0.3 is 14.8 Å². The van der Waals surface area contributed by atoms with Gasteiger partial charge in [0.25, 0.3) is 5.91 Å². The van der Waals surface area contributed by atoms with E-state index in [9.17, 15) is 4.79 Å². The minimum absolute atomic E-state index is 0.0267. The Balaban J connectivity index is 1.90. The predicted octanol–water partition coefficient (Wildman–Crippen LogP) is 3.71. The van der Waals surface area contributed by atoms with Gasteiger partial charge in [-0.3, -0.25) is 4.79 Å². The van der Waals surface area contributed by atoms with Crippen LogP contribution in [0.25, 0.3) is 0 Å². The molecule has 0 spiro atoms. The van der Waals surface area contributed by atoms with Gasteiger partial charge in [-0.25, -0.2) is 0 Å². The van der Waals surface area contributed by atoms with Gasteiger partial charge in [0, 0.05) is 10.0 Å². The molecular formula is C17H18BrNO3. The number of amides is 1. The maximum Gasteiger partial charge on any atom is 0.258 e. The van der Waals surface area contributed by atoms with Crippen LogP contribution in [0.2, 0.25) is 0 Å². The Bertz CT molecular complexity index is 628. The average Bonchev–Trinajstić information content (AvgIpc) is 2.54. The quantitative estimate of drug-likeness (QED) is 0.850. The smallest absolute Gasteiger partial charge is 0.258 e. The van der Waals surface area contributed by atoms with E-state index >= 15 is 0 Å². The van der Waals surface area contributed by atoms with E-state index < -0.39 is 0 Å². The molecule has 2 aromatic carbocycles. The van der Waals surface area contributed by atoms with Gasteiger partial charge in [-0.05, 0) is 37.3 Å². The molecule has 0 heterocycles. The minimum Gasteiger partial charge on any atom is -0.496 e. The summed E-state index contributed by atoms with van der Waals surface area (Å²) in [6.07, 6.45) is 0. The Morgan fingerprint density at radius 3 is 2.55 bits per heavy atom. The van der Waals surface area contributed by atoms with Gasteiger partial charge >= 0.3 is 0 Å². The van der Waals surface area contributed by atoms with Crippen molar-refractivity contribution in [2.75, 3.05) is 13.7 Å². The Hall–Kier alpha value is -2.01. The lowest BCUT2D eigenvalue weighted by Gasteiger charge is -2.17. The summed E-state index contributed by atoms with van der Waals surface area (Å²) >= 11 is 3.35. The number of methoxy groups -OCH3 is 1. The maximum absolute atomic E-state index is 12.0. The Morgan fingerprint density at radius 2 is 1.86 bits per heavy atom. The summed E-state index contributed by atoms with van der Waals surface area (Å²) in [7, 11) is 1.62. The van der Waals surface area contributed by atoms with Crippen LogP contribution in [0.1, 0.15) is 18.5 Å². The van der Waals surface area contributed by atoms with Crippen LogP contribution in [0.15, 0.2) is 53.0 Å². The third-order valence-corrected chi connectivity index (χ3v) is 3.70. The third kappa shape index (κ3) is 4.49. The van der Waals surface area contributed by atoms with Crippen molar-refractivity contribution in [2.24, 2.45) is 0 Å². The molecule has 1 N–H and O–H groups in total. The molecule has 0 aliphatic heterocycles. The van der Waals surface area contributed by atoms with Crippen molar-refractivity contribution >= 4 is 21.8 Å². The summed E-state index contributed by atoms with van der Waals surface area (Å²) in [4.78, 5) is 12.0. The summed E-state index contributed by atoms with van der Waals surface area (Å²) in [6, 6.07) is 14.8. The first-order chi connectivity index (χ1) is 10.6. The van der Waals surface area contributed by atoms with Crippen molar-refractivity contribution in [1.82, 2.24) is 5.32 Å². The van der Waals surface area contributed by atoms with Crippen LogP contribution >= 0.6 is 15.9 Å². The lowest BCUT2D eigenvalue weighted by atomic mass is 10.1. The Labute approximate surface area is 138 Å². The standard InChI is InChI=1S/C17H18BrNO3/c1-12(15-5-3-4-6-16(15)21-2)19-17(20)11-22-14-9-7-13(18)8-10-14/h3-10,12H,11H2,1-2H3,(H,19,20). The molecule has 1 atom stereocenters. The molecule has 5 heteroatoms. The molecular weight excluding hydrogens is 346 g/mol. The molecule has 0 bridgehead atoms. The number of ether oxygens (including phenoxy) is 2. The molecule has 0 aliphatic rings. The summed E-state index contributed by atoms with van der Waals surface area (Å²) < 4.78 is 11.7. The van der Waals surface area contributed by atoms with Crippen LogP contribution < -0.4 is 14.8 Å². The molecule has 1 amide bonds. The van der Waals surface area contributed by atoms with Crippen LogP contribution in [0.4, 0.5) is 0 Å². The highest BCUT2D eigenvalue weighted by Crippen LogP contribution is 2.24. The number of hydrogen-bond donors (Lipinski definition) is 1. The van der Waals surface area contributed by atoms with Crippen molar-refractivity contribution in [3.63, 3.8) is 0 Å². The number of carbonyl (C=O) groups excluding carboxylic acids is 1. The number of rotatable bonds is 6. The highest BCUT2D eigenvalue weighted by molar-refractivity contribution is 9.10. The van der Waals surface area contributed by atoms with E-state index in [1.165, 1.54) is 0 Å². The van der Waals surface area contributed by atoms with Crippen molar-refractivity contribution in [2.45, 2.75) is 13.0 Å². The van der Waals surface area contributed by atoms with Gasteiger partial charge in [-0.15, -0.1) is 0 Å². The summed E-state index contributed by atoms with van der Waals surface area (Å²) in [6.45, 7) is 1.89. The van der Waals surface area contributed by atoms with E-state index in [1.54, 1.807) is 19.2 Å². The van der Waals surface area contributed by atoms with Gasteiger partial charge in [-0.1, -0.05) is 34.1 Å². The zero-order valence-corrected chi connectivity index (χ0v) is 14.1. The molecule has 0 aromatic heterocycles. The van der Waals surface area contributed by atoms with Gasteiger partial charge in [0.2, 0.25) is 0 Å². The van der Waals surface area contributed by atoms with E-state index in [0.717, 1.165) is 15.8 Å². The van der Waals surface area contributed by atoms with E-state index in [1.807, 2.05) is 43.3 Å². The number of carbonyl (C=O) groups is 1. The molecule has 2 rings (SSSR count). The second-order valence-corrected chi connectivity index (χ2v) is 5.69. The van der Waals surface area contributed by atoms with E-state index in [0.29, 0.717) is 5.75 Å². The van der Waals surface area contributed by atoms with Crippen LogP contribution in [0, 0.1) is 0 Å². The maximum atomic E-state index is 12.0. The molecule has 1 unspecified atom stereocenters. The molecule has 22 heavy (non-hydrogen) atoms. The molecule has 2 aromatic rings. The van der Waals surface area contributed by atoms with Crippen LogP contribution in [-0.2, 0) is 4.79 Å². The van der Waals surface area contributed by atoms with E-state index in [-0.39, 0.29) is 18.6 Å². The minimum atomic E-state index is -0.179. The number of hydrogen-bond acceptors (Lipinski definition) is 3. The van der Waals surface area contributed by atoms with E-state index in [4.69, 9.17) is 9.47 Å². The van der Waals surface area contributed by atoms with Crippen LogP contribution in [0.5, 0.6) is 11.5 Å². The van der Waals surface area contributed by atoms with Gasteiger partial charge in [-0.2, -0.15) is 0 Å². The van der Waals surface area contributed by atoms with Gasteiger partial charge in [0.1, 0.15) is 11.5 Å². The average molecular weight is 364 g/mol. The zero-order chi connectivity index (χ0) is 15.9. The summed E-state index contributed by atoms with van der Waals surface area (Å²) in [5, 5.41) is 2.90. The highest BCUT2D eigenvalue weighted by Gasteiger charge is 2.13. The largest absolute Gasteiger partial charge is 0.496 e. The second-order valence-electron chi connectivity index (χ2n) is 4.77. The van der Waals surface area contributed by atoms with Crippen molar-refractivity contribution in [3.8, 4) is 11.5 Å². The molecule has 4 nitrogen and oxygen atoms in total. The number of para-hydroxylation sites is 1. The Morgan fingerprint density at radius 1 is 1.18 bits per heavy atom. The summed E-state index contributed by atoms with van der Waals surface area (Å²) in [5.74, 6) is 1.23. The topological polar surface area (TPSA) is 47.6 Å². The number of benzene rings is 2. The Kier molecular flexibility index (Phi) is 5.83. The highest BCUT2D eigenvalue weighted by atomic mass is 79.9. The molecule has 0 saturated carbocycles. The fourth-order valence-electron chi connectivity index (χ4n) is 2.06. The fraction of sp³-hybridized carbons (Fsp3) is 0.235. The molecule has 116 valence electrons. The first-order valence-electron chi connectivity index (χ1n) is 6.91. The molecule has 0 saturated heterocycles. The fourth-order valence-corrected chi connectivity index (χ4v) is 2.33. The van der Waals surface area contributed by atoms with Crippen molar-refractivity contribution in [3.05, 3.63) is 58.6 Å². The normalized spacial score (nSPS) is 11.6. The monoisotopic (exact) mass is 363 g/mol. The van der Waals surface area contributed by atoms with Crippen molar-refractivity contribution in [1.29, 1.82) is 0 Å². The van der Waals surface area contributed by atoms with Crippen LogP contribution in [-0.4, -0.2) is 19.6 Å². The van der Waals surface area contributed by atoms with Crippen molar-refractivity contribution < 1.29 is 14.3 Å². The SMILES string of the molecule is COc1ccccc1C(C)NC(=O)COc1ccc(Br)cc1.